The molecule has 6 nitrogen and oxygen atoms in total. The number of halogens is 2. The number of rotatable bonds is 8. The van der Waals surface area contributed by atoms with Gasteiger partial charge in [-0.25, -0.2) is 4.39 Å². The second-order valence-electron chi connectivity index (χ2n) is 8.89. The summed E-state index contributed by atoms with van der Waals surface area (Å²) in [4.78, 5) is 29.9. The lowest BCUT2D eigenvalue weighted by atomic mass is 9.96. The molecule has 1 saturated heterocycles. The van der Waals surface area contributed by atoms with Gasteiger partial charge in [0, 0.05) is 20.1 Å². The molecule has 3 aromatic rings. The number of carbonyl (C=O) groups excluding carboxylic acids is 2. The summed E-state index contributed by atoms with van der Waals surface area (Å²) in [6.45, 7) is 1.19. The maximum Gasteiger partial charge on any atom is 0.255 e. The molecule has 0 saturated carbocycles. The largest absolute Gasteiger partial charge is 0.490 e. The Morgan fingerprint density at radius 2 is 1.75 bits per heavy atom. The Hall–Kier alpha value is -3.42. The molecule has 1 aliphatic heterocycles. The molecule has 1 aliphatic rings. The summed E-state index contributed by atoms with van der Waals surface area (Å²) in [6, 6.07) is 22.2. The van der Waals surface area contributed by atoms with Crippen molar-refractivity contribution in [2.75, 3.05) is 33.4 Å². The Morgan fingerprint density at radius 1 is 1.06 bits per heavy atom. The highest BCUT2D eigenvalue weighted by atomic mass is 35.5. The second kappa shape index (κ2) is 11.5. The van der Waals surface area contributed by atoms with Gasteiger partial charge in [0.1, 0.15) is 23.8 Å². The third-order valence-corrected chi connectivity index (χ3v) is 6.45. The smallest absolute Gasteiger partial charge is 0.255 e. The van der Waals surface area contributed by atoms with Crippen molar-refractivity contribution in [1.29, 1.82) is 0 Å². The van der Waals surface area contributed by atoms with Crippen molar-refractivity contribution in [2.24, 2.45) is 0 Å². The van der Waals surface area contributed by atoms with E-state index in [0.717, 1.165) is 5.56 Å². The molecule has 8 heteroatoms. The fraction of sp³-hybridized carbons (Fsp3) is 0.286. The van der Waals surface area contributed by atoms with Crippen LogP contribution in [0.25, 0.3) is 0 Å². The molecule has 1 atom stereocenters. The summed E-state index contributed by atoms with van der Waals surface area (Å²) < 4.78 is 25.4. The zero-order chi connectivity index (χ0) is 25.5. The molecular formula is C28H28ClFN2O4. The number of morpholine rings is 1. The quantitative estimate of drug-likeness (QED) is 0.436. The Kier molecular flexibility index (Phi) is 8.23. The number of carbonyl (C=O) groups is 2. The van der Waals surface area contributed by atoms with E-state index in [-0.39, 0.29) is 43.8 Å². The van der Waals surface area contributed by atoms with E-state index in [1.165, 1.54) is 24.3 Å². The van der Waals surface area contributed by atoms with Crippen LogP contribution in [-0.4, -0.2) is 60.6 Å². The van der Waals surface area contributed by atoms with E-state index in [4.69, 9.17) is 21.1 Å². The maximum atomic E-state index is 13.3. The van der Waals surface area contributed by atoms with Gasteiger partial charge in [0.2, 0.25) is 5.91 Å². The van der Waals surface area contributed by atoms with Gasteiger partial charge in [-0.3, -0.25) is 9.59 Å². The van der Waals surface area contributed by atoms with E-state index in [1.807, 2.05) is 30.3 Å². The molecule has 3 aromatic carbocycles. The number of ether oxygens (including phenoxy) is 2. The van der Waals surface area contributed by atoms with Gasteiger partial charge in [0.05, 0.1) is 30.2 Å². The van der Waals surface area contributed by atoms with Crippen molar-refractivity contribution in [3.05, 3.63) is 101 Å². The monoisotopic (exact) mass is 510 g/mol. The second-order valence-corrected chi connectivity index (χ2v) is 9.30. The highest BCUT2D eigenvalue weighted by Crippen LogP contribution is 2.28. The molecule has 2 amide bonds. The molecule has 0 aromatic heterocycles. The third kappa shape index (κ3) is 6.42. The molecule has 0 aliphatic carbocycles. The van der Waals surface area contributed by atoms with Crippen LogP contribution in [0.1, 0.15) is 22.3 Å². The zero-order valence-electron chi connectivity index (χ0n) is 20.0. The van der Waals surface area contributed by atoms with Crippen LogP contribution in [0.4, 0.5) is 4.39 Å². The van der Waals surface area contributed by atoms with Crippen LogP contribution < -0.4 is 4.74 Å². The molecule has 0 bridgehead atoms. The van der Waals surface area contributed by atoms with Gasteiger partial charge in [0.25, 0.3) is 5.91 Å². The molecule has 0 N–H and O–H groups in total. The summed E-state index contributed by atoms with van der Waals surface area (Å²) in [5.74, 6) is -0.312. The van der Waals surface area contributed by atoms with Crippen molar-refractivity contribution in [3.8, 4) is 5.75 Å². The minimum Gasteiger partial charge on any atom is -0.490 e. The number of amides is 2. The first-order valence-electron chi connectivity index (χ1n) is 11.7. The summed E-state index contributed by atoms with van der Waals surface area (Å²) >= 11 is 6.27. The lowest BCUT2D eigenvalue weighted by Crippen LogP contribution is -2.58. The Bertz CT molecular complexity index is 1190. The van der Waals surface area contributed by atoms with Crippen LogP contribution in [0.5, 0.6) is 5.75 Å². The molecule has 188 valence electrons. The molecule has 1 heterocycles. The van der Waals surface area contributed by atoms with E-state index >= 15 is 0 Å². The number of hydrogen-bond acceptors (Lipinski definition) is 4. The predicted octanol–water partition coefficient (Wildman–Crippen LogP) is 4.82. The highest BCUT2D eigenvalue weighted by Gasteiger charge is 2.42. The Morgan fingerprint density at radius 3 is 2.47 bits per heavy atom. The van der Waals surface area contributed by atoms with Crippen molar-refractivity contribution < 1.29 is 23.5 Å². The van der Waals surface area contributed by atoms with Gasteiger partial charge in [-0.15, -0.1) is 0 Å². The fourth-order valence-corrected chi connectivity index (χ4v) is 4.39. The maximum absolute atomic E-state index is 13.3. The molecular weight excluding hydrogens is 483 g/mol. The van der Waals surface area contributed by atoms with Crippen LogP contribution in [-0.2, 0) is 16.1 Å². The lowest BCUT2D eigenvalue weighted by Gasteiger charge is -2.42. The lowest BCUT2D eigenvalue weighted by molar-refractivity contribution is -0.152. The minimum atomic E-state index is -1.09. The zero-order valence-corrected chi connectivity index (χ0v) is 20.8. The topological polar surface area (TPSA) is 59.1 Å². The van der Waals surface area contributed by atoms with E-state index in [2.05, 4.69) is 0 Å². The van der Waals surface area contributed by atoms with Crippen LogP contribution in [0.15, 0.2) is 78.9 Å². The van der Waals surface area contributed by atoms with Crippen LogP contribution in [0, 0.1) is 5.82 Å². The molecule has 1 unspecified atom stereocenters. The van der Waals surface area contributed by atoms with Gasteiger partial charge in [0.15, 0.2) is 0 Å². The van der Waals surface area contributed by atoms with E-state index in [1.54, 1.807) is 41.1 Å². The summed E-state index contributed by atoms with van der Waals surface area (Å²) in [5.41, 5.74) is 0.304. The van der Waals surface area contributed by atoms with E-state index in [9.17, 15) is 14.0 Å². The first-order valence-corrected chi connectivity index (χ1v) is 12.1. The van der Waals surface area contributed by atoms with Gasteiger partial charge in [-0.1, -0.05) is 54.1 Å². The molecule has 36 heavy (non-hydrogen) atoms. The third-order valence-electron chi connectivity index (χ3n) is 6.12. The average molecular weight is 511 g/mol. The van der Waals surface area contributed by atoms with Crippen molar-refractivity contribution >= 4 is 23.4 Å². The van der Waals surface area contributed by atoms with Crippen LogP contribution >= 0.6 is 11.6 Å². The first-order chi connectivity index (χ1) is 17.3. The highest BCUT2D eigenvalue weighted by molar-refractivity contribution is 6.33. The summed E-state index contributed by atoms with van der Waals surface area (Å²) in [6.07, 6.45) is 0.00380. The Labute approximate surface area is 215 Å². The average Bonchev–Trinajstić information content (AvgIpc) is 2.89. The molecule has 0 spiro atoms. The number of benzene rings is 3. The van der Waals surface area contributed by atoms with Crippen molar-refractivity contribution in [1.82, 2.24) is 9.80 Å². The minimum absolute atomic E-state index is 0.00380. The van der Waals surface area contributed by atoms with Crippen LogP contribution in [0.3, 0.4) is 0 Å². The molecule has 4 rings (SSSR count). The first kappa shape index (κ1) is 25.7. The van der Waals surface area contributed by atoms with Crippen LogP contribution in [0.2, 0.25) is 5.02 Å². The summed E-state index contributed by atoms with van der Waals surface area (Å²) in [5, 5.41) is 0.362. The van der Waals surface area contributed by atoms with Crippen molar-refractivity contribution in [2.45, 2.75) is 18.6 Å². The predicted molar refractivity (Wildman–Crippen MR) is 135 cm³/mol. The SMILES string of the molecule is CN(Cc1ccccc1)C(=O)CC1(COc2ccc(F)cc2)CN(C(=O)c2ccccc2Cl)CCO1. The molecule has 1 fully saturated rings. The summed E-state index contributed by atoms with van der Waals surface area (Å²) in [7, 11) is 1.74. The number of nitrogens with zero attached hydrogens (tertiary/aromatic N) is 2. The Balaban J connectivity index is 1.53. The van der Waals surface area contributed by atoms with Gasteiger partial charge < -0.3 is 19.3 Å². The van der Waals surface area contributed by atoms with Gasteiger partial charge >= 0.3 is 0 Å². The van der Waals surface area contributed by atoms with Gasteiger partial charge in [-0.05, 0) is 42.0 Å². The van der Waals surface area contributed by atoms with Crippen molar-refractivity contribution in [3.63, 3.8) is 0 Å². The fourth-order valence-electron chi connectivity index (χ4n) is 4.17. The normalized spacial score (nSPS) is 17.5. The van der Waals surface area contributed by atoms with Gasteiger partial charge in [-0.2, -0.15) is 0 Å². The number of hydrogen-bond donors (Lipinski definition) is 0. The standard InChI is InChI=1S/C28H28ClFN2O4/c1-31(18-21-7-3-2-4-8-21)26(33)17-28(20-35-23-13-11-22(30)12-14-23)19-32(15-16-36-28)27(34)24-9-5-6-10-25(24)29/h2-14H,15-20H2,1H3. The van der Waals surface area contributed by atoms with E-state index in [0.29, 0.717) is 29.4 Å². The molecule has 0 radical (unpaired) electrons. The van der Waals surface area contributed by atoms with E-state index < -0.39 is 5.60 Å².